The minimum Gasteiger partial charge on any atom is -0.462 e. The maximum absolute atomic E-state index is 11.6. The van der Waals surface area contributed by atoms with E-state index >= 15 is 0 Å². The van der Waals surface area contributed by atoms with E-state index in [-0.39, 0.29) is 0 Å². The van der Waals surface area contributed by atoms with Gasteiger partial charge in [-0.15, -0.1) is 0 Å². The fourth-order valence-corrected chi connectivity index (χ4v) is 2.04. The van der Waals surface area contributed by atoms with E-state index in [0.717, 1.165) is 12.0 Å². The molecule has 0 aromatic heterocycles. The first kappa shape index (κ1) is 12.7. The summed E-state index contributed by atoms with van der Waals surface area (Å²) in [6, 6.07) is 5.58. The van der Waals surface area contributed by atoms with Gasteiger partial charge in [-0.05, 0) is 47.0 Å². The molecule has 0 spiro atoms. The van der Waals surface area contributed by atoms with Crippen LogP contribution in [0.2, 0.25) is 0 Å². The second-order valence-corrected chi connectivity index (χ2v) is 4.04. The van der Waals surface area contributed by atoms with Crippen LogP contribution in [0.15, 0.2) is 16.6 Å². The zero-order valence-corrected chi connectivity index (χ0v) is 10.8. The number of carbonyl (C=O) groups excluding carboxylic acids is 1. The summed E-state index contributed by atoms with van der Waals surface area (Å²) < 4.78 is 5.52. The van der Waals surface area contributed by atoms with Gasteiger partial charge in [0.05, 0.1) is 17.7 Å². The van der Waals surface area contributed by atoms with Crippen molar-refractivity contribution in [2.75, 3.05) is 6.61 Å². The average Bonchev–Trinajstić information content (AvgIpc) is 2.27. The molecule has 1 aromatic carbocycles. The third-order valence-electron chi connectivity index (χ3n) is 2.16. The number of esters is 1. The Bertz CT molecular complexity index is 449. The van der Waals surface area contributed by atoms with Gasteiger partial charge in [-0.25, -0.2) is 4.79 Å². The fourth-order valence-electron chi connectivity index (χ4n) is 1.37. The van der Waals surface area contributed by atoms with Gasteiger partial charge in [-0.2, -0.15) is 5.26 Å². The van der Waals surface area contributed by atoms with Crippen molar-refractivity contribution in [3.8, 4) is 6.07 Å². The van der Waals surface area contributed by atoms with E-state index in [2.05, 4.69) is 15.9 Å². The van der Waals surface area contributed by atoms with E-state index < -0.39 is 5.97 Å². The molecule has 0 fully saturated rings. The topological polar surface area (TPSA) is 50.1 Å². The lowest BCUT2D eigenvalue weighted by atomic mass is 10.0. The molecular weight excluding hydrogens is 270 g/mol. The zero-order valence-electron chi connectivity index (χ0n) is 9.21. The highest BCUT2D eigenvalue weighted by atomic mass is 79.9. The number of nitrogens with zero attached hydrogens (tertiary/aromatic N) is 1. The lowest BCUT2D eigenvalue weighted by molar-refractivity contribution is 0.0525. The third kappa shape index (κ3) is 2.61. The van der Waals surface area contributed by atoms with Crippen LogP contribution in [0.25, 0.3) is 0 Å². The van der Waals surface area contributed by atoms with Crippen LogP contribution in [0.3, 0.4) is 0 Å². The van der Waals surface area contributed by atoms with Gasteiger partial charge >= 0.3 is 5.97 Å². The summed E-state index contributed by atoms with van der Waals surface area (Å²) in [6.45, 7) is 4.02. The van der Waals surface area contributed by atoms with E-state index in [0.29, 0.717) is 22.2 Å². The Hall–Kier alpha value is -1.34. The molecule has 84 valence electrons. The first-order valence-electron chi connectivity index (χ1n) is 5.03. The lowest BCUT2D eigenvalue weighted by Gasteiger charge is -2.08. The molecule has 0 bridgehead atoms. The molecule has 0 heterocycles. The van der Waals surface area contributed by atoms with Crippen LogP contribution in [-0.2, 0) is 11.2 Å². The van der Waals surface area contributed by atoms with Crippen molar-refractivity contribution >= 4 is 21.9 Å². The number of ether oxygens (including phenoxy) is 1. The second-order valence-electron chi connectivity index (χ2n) is 3.19. The summed E-state index contributed by atoms with van der Waals surface area (Å²) in [5.74, 6) is -0.464. The summed E-state index contributed by atoms with van der Waals surface area (Å²) in [5.41, 5.74) is 1.67. The van der Waals surface area contributed by atoms with Crippen LogP contribution in [0.5, 0.6) is 0 Å². The molecular formula is C12H12BrNO2. The molecule has 0 aliphatic rings. The first-order chi connectivity index (χ1) is 7.63. The van der Waals surface area contributed by atoms with Gasteiger partial charge in [0.15, 0.2) is 0 Å². The van der Waals surface area contributed by atoms with Gasteiger partial charge in [0.1, 0.15) is 6.07 Å². The smallest absolute Gasteiger partial charge is 0.340 e. The summed E-state index contributed by atoms with van der Waals surface area (Å²) in [6.07, 6.45) is 0.816. The van der Waals surface area contributed by atoms with Crippen molar-refractivity contribution < 1.29 is 9.53 Å². The summed E-state index contributed by atoms with van der Waals surface area (Å²) in [7, 11) is 0. The number of aryl methyl sites for hydroxylation is 1. The highest BCUT2D eigenvalue weighted by molar-refractivity contribution is 9.10. The van der Waals surface area contributed by atoms with Crippen molar-refractivity contribution in [2.45, 2.75) is 20.3 Å². The summed E-state index contributed by atoms with van der Waals surface area (Å²) in [5, 5.41) is 9.00. The molecule has 0 N–H and O–H groups in total. The van der Waals surface area contributed by atoms with Crippen LogP contribution >= 0.6 is 15.9 Å². The molecule has 1 rings (SSSR count). The number of rotatable bonds is 3. The van der Waals surface area contributed by atoms with Gasteiger partial charge in [-0.1, -0.05) is 6.92 Å². The fraction of sp³-hybridized carbons (Fsp3) is 0.333. The predicted molar refractivity (Wildman–Crippen MR) is 64.2 cm³/mol. The van der Waals surface area contributed by atoms with Gasteiger partial charge in [-0.3, -0.25) is 0 Å². The van der Waals surface area contributed by atoms with E-state index in [1.807, 2.05) is 19.1 Å². The van der Waals surface area contributed by atoms with Crippen LogP contribution in [0, 0.1) is 11.3 Å². The molecule has 16 heavy (non-hydrogen) atoms. The van der Waals surface area contributed by atoms with Crippen molar-refractivity contribution in [2.24, 2.45) is 0 Å². The van der Waals surface area contributed by atoms with Gasteiger partial charge in [0, 0.05) is 4.47 Å². The van der Waals surface area contributed by atoms with Crippen molar-refractivity contribution in [3.63, 3.8) is 0 Å². The SMILES string of the molecule is CCOC(=O)c1c(Br)cc(CC)cc1C#N. The van der Waals surface area contributed by atoms with Crippen molar-refractivity contribution in [1.82, 2.24) is 0 Å². The molecule has 0 radical (unpaired) electrons. The minimum atomic E-state index is -0.464. The molecule has 3 nitrogen and oxygen atoms in total. The standard InChI is InChI=1S/C12H12BrNO2/c1-3-8-5-9(7-14)11(10(13)6-8)12(15)16-4-2/h5-6H,3-4H2,1-2H3. The van der Waals surface area contributed by atoms with Crippen molar-refractivity contribution in [1.29, 1.82) is 5.26 Å². The quantitative estimate of drug-likeness (QED) is 0.800. The monoisotopic (exact) mass is 281 g/mol. The Balaban J connectivity index is 3.28. The molecule has 0 aliphatic heterocycles. The highest BCUT2D eigenvalue weighted by Gasteiger charge is 2.17. The lowest BCUT2D eigenvalue weighted by Crippen LogP contribution is -2.08. The van der Waals surface area contributed by atoms with Crippen LogP contribution in [0.1, 0.15) is 35.3 Å². The Kier molecular flexibility index (Phi) is 4.51. The number of nitriles is 1. The molecule has 0 aliphatic carbocycles. The van der Waals surface area contributed by atoms with Gasteiger partial charge < -0.3 is 4.74 Å². The van der Waals surface area contributed by atoms with Gasteiger partial charge in [0.25, 0.3) is 0 Å². The second kappa shape index (κ2) is 5.66. The number of hydrogen-bond acceptors (Lipinski definition) is 3. The molecule has 0 unspecified atom stereocenters. The molecule has 0 saturated heterocycles. The van der Waals surface area contributed by atoms with E-state index in [4.69, 9.17) is 10.00 Å². The number of halogens is 1. The first-order valence-corrected chi connectivity index (χ1v) is 5.82. The van der Waals surface area contributed by atoms with E-state index in [1.165, 1.54) is 0 Å². The normalized spacial score (nSPS) is 9.62. The summed E-state index contributed by atoms with van der Waals surface area (Å²) >= 11 is 3.30. The maximum atomic E-state index is 11.6. The minimum absolute atomic E-state index is 0.297. The number of hydrogen-bond donors (Lipinski definition) is 0. The third-order valence-corrected chi connectivity index (χ3v) is 2.78. The molecule has 0 amide bonds. The van der Waals surface area contributed by atoms with Crippen molar-refractivity contribution in [3.05, 3.63) is 33.3 Å². The Labute approximate surface area is 103 Å². The van der Waals surface area contributed by atoms with Crippen LogP contribution in [-0.4, -0.2) is 12.6 Å². The van der Waals surface area contributed by atoms with Gasteiger partial charge in [0.2, 0.25) is 0 Å². The Morgan fingerprint density at radius 1 is 1.50 bits per heavy atom. The average molecular weight is 282 g/mol. The van der Waals surface area contributed by atoms with Crippen LogP contribution < -0.4 is 0 Å². The zero-order chi connectivity index (χ0) is 12.1. The Morgan fingerprint density at radius 2 is 2.19 bits per heavy atom. The number of carbonyl (C=O) groups is 1. The molecule has 0 atom stereocenters. The van der Waals surface area contributed by atoms with E-state index in [9.17, 15) is 4.79 Å². The molecule has 1 aromatic rings. The largest absolute Gasteiger partial charge is 0.462 e. The molecule has 0 saturated carbocycles. The van der Waals surface area contributed by atoms with E-state index in [1.54, 1.807) is 13.0 Å². The summed E-state index contributed by atoms with van der Waals surface area (Å²) in [4.78, 5) is 11.6. The van der Waals surface area contributed by atoms with Crippen LogP contribution in [0.4, 0.5) is 0 Å². The highest BCUT2D eigenvalue weighted by Crippen LogP contribution is 2.24. The molecule has 4 heteroatoms. The maximum Gasteiger partial charge on any atom is 0.340 e. The Morgan fingerprint density at radius 3 is 2.69 bits per heavy atom. The predicted octanol–water partition coefficient (Wildman–Crippen LogP) is 3.06. The number of benzene rings is 1.